The lowest BCUT2D eigenvalue weighted by atomic mass is 10.0. The van der Waals surface area contributed by atoms with E-state index in [1.54, 1.807) is 12.1 Å². The molecule has 1 aliphatic rings. The second kappa shape index (κ2) is 8.41. The van der Waals surface area contributed by atoms with Crippen LogP contribution in [-0.2, 0) is 0 Å². The quantitative estimate of drug-likeness (QED) is 0.614. The highest BCUT2D eigenvalue weighted by molar-refractivity contribution is 5.61. The second-order valence-electron chi connectivity index (χ2n) is 6.92. The monoisotopic (exact) mass is 371 g/mol. The summed E-state index contributed by atoms with van der Waals surface area (Å²) in [5.74, 6) is 1.36. The molecule has 1 fully saturated rings. The average molecular weight is 371 g/mol. The highest BCUT2D eigenvalue weighted by Gasteiger charge is 2.23. The van der Waals surface area contributed by atoms with Crippen LogP contribution in [0.1, 0.15) is 18.5 Å². The number of nitro benzene ring substituents is 1. The van der Waals surface area contributed by atoms with Gasteiger partial charge in [-0.1, -0.05) is 12.1 Å². The van der Waals surface area contributed by atoms with Gasteiger partial charge >= 0.3 is 0 Å². The minimum Gasteiger partial charge on any atom is -0.395 e. The van der Waals surface area contributed by atoms with Crippen LogP contribution >= 0.6 is 0 Å². The Morgan fingerprint density at radius 3 is 2.70 bits per heavy atom. The number of likely N-dealkylation sites (N-methyl/N-ethyl adjacent to an activating group) is 1. The third kappa shape index (κ3) is 4.58. The van der Waals surface area contributed by atoms with Gasteiger partial charge in [-0.15, -0.1) is 0 Å². The molecule has 27 heavy (non-hydrogen) atoms. The maximum absolute atomic E-state index is 11.0. The third-order valence-corrected chi connectivity index (χ3v) is 5.02. The molecule has 0 amide bonds. The number of aromatic nitrogens is 2. The van der Waals surface area contributed by atoms with Crippen LogP contribution in [0.25, 0.3) is 11.4 Å². The van der Waals surface area contributed by atoms with Crippen molar-refractivity contribution in [1.82, 2.24) is 14.9 Å². The van der Waals surface area contributed by atoms with Gasteiger partial charge in [-0.05, 0) is 26.8 Å². The van der Waals surface area contributed by atoms with Crippen LogP contribution in [0, 0.1) is 17.0 Å². The first kappa shape index (κ1) is 19.2. The number of aryl methyl sites for hydroxylation is 1. The van der Waals surface area contributed by atoms with Gasteiger partial charge in [0.2, 0.25) is 0 Å². The molecule has 2 aromatic rings. The normalized spacial score (nSPS) is 15.3. The van der Waals surface area contributed by atoms with E-state index >= 15 is 0 Å². The average Bonchev–Trinajstić information content (AvgIpc) is 2.68. The molecular weight excluding hydrogens is 346 g/mol. The predicted molar refractivity (Wildman–Crippen MR) is 104 cm³/mol. The molecule has 1 saturated heterocycles. The Bertz CT molecular complexity index is 806. The summed E-state index contributed by atoms with van der Waals surface area (Å²) in [5.41, 5.74) is 1.51. The number of aliphatic hydroxyl groups is 1. The summed E-state index contributed by atoms with van der Waals surface area (Å²) in [7, 11) is 2.05. The van der Waals surface area contributed by atoms with E-state index in [4.69, 9.17) is 5.11 Å². The van der Waals surface area contributed by atoms with Gasteiger partial charge in [0.15, 0.2) is 5.82 Å². The third-order valence-electron chi connectivity index (χ3n) is 5.02. The molecule has 1 N–H and O–H groups in total. The lowest BCUT2D eigenvalue weighted by Crippen LogP contribution is -2.44. The Kier molecular flexibility index (Phi) is 5.98. The topological polar surface area (TPSA) is 95.6 Å². The first-order chi connectivity index (χ1) is 13.0. The van der Waals surface area contributed by atoms with Crippen LogP contribution in [-0.4, -0.2) is 64.2 Å². The maximum atomic E-state index is 11.0. The molecular formula is C19H25N5O3. The molecule has 1 aliphatic heterocycles. The fraction of sp³-hybridized carbons (Fsp3) is 0.474. The zero-order valence-electron chi connectivity index (χ0n) is 15.7. The number of hydrogen-bond acceptors (Lipinski definition) is 7. The number of aliphatic hydroxyl groups excluding tert-OH is 1. The van der Waals surface area contributed by atoms with Crippen molar-refractivity contribution in [3.8, 4) is 11.4 Å². The van der Waals surface area contributed by atoms with Crippen molar-refractivity contribution in [3.05, 3.63) is 46.1 Å². The zero-order valence-corrected chi connectivity index (χ0v) is 15.7. The molecule has 8 nitrogen and oxygen atoms in total. The standard InChI is InChI=1S/C19H25N5O3/c1-14-12-18(23-8-6-16(7-9-23)22(2)10-11-25)21-19(20-14)15-4-3-5-17(13-15)24(26)27/h3-5,12-13,16,25H,6-11H2,1-2H3. The molecule has 2 heterocycles. The van der Waals surface area contributed by atoms with Crippen LogP contribution in [0.3, 0.4) is 0 Å². The Morgan fingerprint density at radius 2 is 2.04 bits per heavy atom. The molecule has 1 aromatic carbocycles. The highest BCUT2D eigenvalue weighted by atomic mass is 16.6. The van der Waals surface area contributed by atoms with Crippen molar-refractivity contribution < 1.29 is 10.0 Å². The fourth-order valence-corrected chi connectivity index (χ4v) is 3.48. The minimum absolute atomic E-state index is 0.0342. The molecule has 0 spiro atoms. The Hall–Kier alpha value is -2.58. The van der Waals surface area contributed by atoms with E-state index < -0.39 is 4.92 Å². The molecule has 0 aliphatic carbocycles. The Morgan fingerprint density at radius 1 is 1.30 bits per heavy atom. The van der Waals surface area contributed by atoms with Gasteiger partial charge in [0, 0.05) is 55.1 Å². The number of nitro groups is 1. The van der Waals surface area contributed by atoms with E-state index in [1.807, 2.05) is 20.0 Å². The van der Waals surface area contributed by atoms with Crippen molar-refractivity contribution >= 4 is 11.5 Å². The van der Waals surface area contributed by atoms with Gasteiger partial charge < -0.3 is 14.9 Å². The van der Waals surface area contributed by atoms with E-state index in [0.717, 1.165) is 37.4 Å². The smallest absolute Gasteiger partial charge is 0.270 e. The Labute approximate surface area is 158 Å². The largest absolute Gasteiger partial charge is 0.395 e. The summed E-state index contributed by atoms with van der Waals surface area (Å²) in [6, 6.07) is 8.84. The SMILES string of the molecule is Cc1cc(N2CCC(N(C)CCO)CC2)nc(-c2cccc([N+](=O)[O-])c2)n1. The Balaban J connectivity index is 1.79. The van der Waals surface area contributed by atoms with Gasteiger partial charge in [0.1, 0.15) is 5.82 Å². The molecule has 0 bridgehead atoms. The van der Waals surface area contributed by atoms with Crippen LogP contribution in [0.2, 0.25) is 0 Å². The van der Waals surface area contributed by atoms with Crippen molar-refractivity contribution in [3.63, 3.8) is 0 Å². The number of non-ortho nitro benzene ring substituents is 1. The van der Waals surface area contributed by atoms with Crippen LogP contribution in [0.5, 0.6) is 0 Å². The van der Waals surface area contributed by atoms with E-state index in [-0.39, 0.29) is 12.3 Å². The van der Waals surface area contributed by atoms with Gasteiger partial charge in [0.25, 0.3) is 5.69 Å². The highest BCUT2D eigenvalue weighted by Crippen LogP contribution is 2.26. The molecule has 0 unspecified atom stereocenters. The molecule has 8 heteroatoms. The number of rotatable bonds is 6. The molecule has 0 radical (unpaired) electrons. The van der Waals surface area contributed by atoms with Crippen LogP contribution in [0.15, 0.2) is 30.3 Å². The molecule has 0 saturated carbocycles. The summed E-state index contributed by atoms with van der Waals surface area (Å²) in [4.78, 5) is 24.2. The number of anilines is 1. The predicted octanol–water partition coefficient (Wildman–Crippen LogP) is 2.25. The number of hydrogen-bond donors (Lipinski definition) is 1. The summed E-state index contributed by atoms with van der Waals surface area (Å²) in [6.45, 7) is 4.53. The van der Waals surface area contributed by atoms with Crippen LogP contribution < -0.4 is 4.90 Å². The fourth-order valence-electron chi connectivity index (χ4n) is 3.48. The van der Waals surface area contributed by atoms with Gasteiger partial charge in [-0.2, -0.15) is 0 Å². The summed E-state index contributed by atoms with van der Waals surface area (Å²) in [6.07, 6.45) is 2.01. The first-order valence-corrected chi connectivity index (χ1v) is 9.14. The van der Waals surface area contributed by atoms with Gasteiger partial charge in [-0.25, -0.2) is 9.97 Å². The second-order valence-corrected chi connectivity index (χ2v) is 6.92. The number of nitrogens with zero attached hydrogens (tertiary/aromatic N) is 5. The van der Waals surface area contributed by atoms with Crippen molar-refractivity contribution in [2.24, 2.45) is 0 Å². The van der Waals surface area contributed by atoms with Gasteiger partial charge in [-0.3, -0.25) is 10.1 Å². The number of benzene rings is 1. The zero-order chi connectivity index (χ0) is 19.4. The lowest BCUT2D eigenvalue weighted by molar-refractivity contribution is -0.384. The maximum Gasteiger partial charge on any atom is 0.270 e. The summed E-state index contributed by atoms with van der Waals surface area (Å²) in [5, 5.41) is 20.1. The van der Waals surface area contributed by atoms with Crippen molar-refractivity contribution in [2.45, 2.75) is 25.8 Å². The van der Waals surface area contributed by atoms with Crippen molar-refractivity contribution in [1.29, 1.82) is 0 Å². The first-order valence-electron chi connectivity index (χ1n) is 9.14. The summed E-state index contributed by atoms with van der Waals surface area (Å²) < 4.78 is 0. The molecule has 3 rings (SSSR count). The van der Waals surface area contributed by atoms with Crippen molar-refractivity contribution in [2.75, 3.05) is 38.2 Å². The van der Waals surface area contributed by atoms with E-state index in [0.29, 0.717) is 24.0 Å². The lowest BCUT2D eigenvalue weighted by Gasteiger charge is -2.37. The molecule has 144 valence electrons. The van der Waals surface area contributed by atoms with Gasteiger partial charge in [0.05, 0.1) is 11.5 Å². The van der Waals surface area contributed by atoms with E-state index in [2.05, 4.69) is 19.8 Å². The molecule has 1 aromatic heterocycles. The minimum atomic E-state index is -0.409. The van der Waals surface area contributed by atoms with E-state index in [9.17, 15) is 10.1 Å². The number of piperidine rings is 1. The van der Waals surface area contributed by atoms with E-state index in [1.165, 1.54) is 12.1 Å². The van der Waals surface area contributed by atoms with Crippen LogP contribution in [0.4, 0.5) is 11.5 Å². The summed E-state index contributed by atoms with van der Waals surface area (Å²) >= 11 is 0. The molecule has 0 atom stereocenters.